The highest BCUT2D eigenvalue weighted by Crippen LogP contribution is 2.04. The fraction of sp³-hybridized carbons (Fsp3) is 1.00. The lowest BCUT2D eigenvalue weighted by Gasteiger charge is -2.06. The van der Waals surface area contributed by atoms with Crippen LogP contribution >= 0.6 is 0 Å². The zero-order valence-electron chi connectivity index (χ0n) is 6.78. The van der Waals surface area contributed by atoms with Gasteiger partial charge in [-0.15, -0.1) is 0 Å². The van der Waals surface area contributed by atoms with E-state index >= 15 is 0 Å². The summed E-state index contributed by atoms with van der Waals surface area (Å²) < 4.78 is 0. The minimum Gasteiger partial charge on any atom is -0.219 e. The highest BCUT2D eigenvalue weighted by molar-refractivity contribution is 4.46. The average molecular weight is 166 g/mol. The molecule has 0 aliphatic rings. The summed E-state index contributed by atoms with van der Waals surface area (Å²) in [5.74, 6) is 0.405. The molecule has 1 atom stereocenters. The Morgan fingerprint density at radius 2 is 2.09 bits per heavy atom. The maximum atomic E-state index is 7.61. The Labute approximate surface area is 65.5 Å². The molecule has 0 aliphatic carbocycles. The summed E-state index contributed by atoms with van der Waals surface area (Å²) in [7, 11) is 0. The summed E-state index contributed by atoms with van der Waals surface area (Å²) in [6.07, 6.45) is 2.16. The molecule has 68 valence electrons. The molecule has 0 amide bonds. The monoisotopic (exact) mass is 166 g/mol. The molecule has 5 nitrogen and oxygen atoms in total. The fourth-order valence-corrected chi connectivity index (χ4v) is 0.752. The highest BCUT2D eigenvalue weighted by Gasteiger charge is 2.00. The minimum atomic E-state index is 0.405. The first-order chi connectivity index (χ1) is 5.31. The zero-order chi connectivity index (χ0) is 8.53. The number of rotatable bonds is 7. The standard InChI is InChI=1S/C6H14O5/c1-3-4-6(2)5-8-10-11-9-7/h6-7H,3-5H2,1-2H3. The fourth-order valence-electron chi connectivity index (χ4n) is 0.752. The van der Waals surface area contributed by atoms with Gasteiger partial charge in [0.1, 0.15) is 0 Å². The molecule has 0 saturated carbocycles. The predicted octanol–water partition coefficient (Wildman–Crippen LogP) is 1.71. The van der Waals surface area contributed by atoms with Crippen LogP contribution in [0.25, 0.3) is 0 Å². The van der Waals surface area contributed by atoms with Crippen LogP contribution in [0.1, 0.15) is 26.7 Å². The molecular weight excluding hydrogens is 152 g/mol. The van der Waals surface area contributed by atoms with E-state index in [-0.39, 0.29) is 0 Å². The first-order valence-corrected chi connectivity index (χ1v) is 3.57. The van der Waals surface area contributed by atoms with Gasteiger partial charge in [0, 0.05) is 0 Å². The Hall–Kier alpha value is -0.200. The smallest absolute Gasteiger partial charge is 0.0880 e. The van der Waals surface area contributed by atoms with E-state index in [1.165, 1.54) is 0 Å². The molecule has 0 fully saturated rings. The quantitative estimate of drug-likeness (QED) is 0.354. The van der Waals surface area contributed by atoms with Gasteiger partial charge >= 0.3 is 0 Å². The van der Waals surface area contributed by atoms with E-state index < -0.39 is 0 Å². The van der Waals surface area contributed by atoms with E-state index in [9.17, 15) is 0 Å². The first kappa shape index (κ1) is 10.8. The van der Waals surface area contributed by atoms with Gasteiger partial charge in [-0.05, 0) is 27.5 Å². The van der Waals surface area contributed by atoms with Gasteiger partial charge < -0.3 is 0 Å². The lowest BCUT2D eigenvalue weighted by molar-refractivity contribution is -0.702. The van der Waals surface area contributed by atoms with E-state index in [0.717, 1.165) is 12.8 Å². The molecule has 0 bridgehead atoms. The SMILES string of the molecule is CCCC(C)COOOOO. The van der Waals surface area contributed by atoms with Gasteiger partial charge in [-0.1, -0.05) is 20.3 Å². The van der Waals surface area contributed by atoms with Crippen molar-refractivity contribution in [1.82, 2.24) is 0 Å². The largest absolute Gasteiger partial charge is 0.219 e. The van der Waals surface area contributed by atoms with Gasteiger partial charge in [-0.25, -0.2) is 10.1 Å². The van der Waals surface area contributed by atoms with E-state index in [1.54, 1.807) is 0 Å². The van der Waals surface area contributed by atoms with Crippen molar-refractivity contribution in [1.29, 1.82) is 0 Å². The second-order valence-electron chi connectivity index (χ2n) is 2.39. The van der Waals surface area contributed by atoms with E-state index in [1.807, 2.05) is 6.92 Å². The Balaban J connectivity index is 2.97. The lowest BCUT2D eigenvalue weighted by atomic mass is 10.1. The molecule has 11 heavy (non-hydrogen) atoms. The van der Waals surface area contributed by atoms with Crippen molar-refractivity contribution in [3.8, 4) is 0 Å². The van der Waals surface area contributed by atoms with Crippen molar-refractivity contribution in [3.63, 3.8) is 0 Å². The van der Waals surface area contributed by atoms with Crippen molar-refractivity contribution in [2.24, 2.45) is 5.92 Å². The van der Waals surface area contributed by atoms with Crippen LogP contribution in [0.5, 0.6) is 0 Å². The first-order valence-electron chi connectivity index (χ1n) is 3.57. The summed E-state index contributed by atoms with van der Waals surface area (Å²) in [5.41, 5.74) is 0. The third kappa shape index (κ3) is 7.70. The molecule has 0 aliphatic heterocycles. The number of hydrogen-bond donors (Lipinski definition) is 1. The molecule has 5 heteroatoms. The van der Waals surface area contributed by atoms with Crippen LogP contribution in [0.2, 0.25) is 0 Å². The van der Waals surface area contributed by atoms with Gasteiger partial charge in [0.15, 0.2) is 0 Å². The minimum absolute atomic E-state index is 0.405. The Morgan fingerprint density at radius 3 is 2.64 bits per heavy atom. The lowest BCUT2D eigenvalue weighted by Crippen LogP contribution is -2.06. The molecule has 0 aromatic carbocycles. The second-order valence-corrected chi connectivity index (χ2v) is 2.39. The average Bonchev–Trinajstić information content (AvgIpc) is 1.99. The van der Waals surface area contributed by atoms with Gasteiger partial charge in [-0.2, -0.15) is 0 Å². The summed E-state index contributed by atoms with van der Waals surface area (Å²) in [4.78, 5) is 4.48. The van der Waals surface area contributed by atoms with Crippen LogP contribution in [-0.2, 0) is 20.0 Å². The van der Waals surface area contributed by atoms with E-state index in [0.29, 0.717) is 12.5 Å². The van der Waals surface area contributed by atoms with Crippen LogP contribution in [0.15, 0.2) is 0 Å². The summed E-state index contributed by atoms with van der Waals surface area (Å²) in [6, 6.07) is 0. The Morgan fingerprint density at radius 1 is 1.36 bits per heavy atom. The van der Waals surface area contributed by atoms with Gasteiger partial charge in [0.2, 0.25) is 0 Å². The summed E-state index contributed by atoms with van der Waals surface area (Å²) in [6.45, 7) is 4.52. The molecule has 1 unspecified atom stereocenters. The normalized spacial score (nSPS) is 13.4. The van der Waals surface area contributed by atoms with Crippen LogP contribution in [-0.4, -0.2) is 11.9 Å². The molecule has 0 aromatic rings. The third-order valence-electron chi connectivity index (χ3n) is 1.24. The molecule has 0 heterocycles. The van der Waals surface area contributed by atoms with Crippen LogP contribution in [0.4, 0.5) is 0 Å². The molecule has 0 aromatic heterocycles. The van der Waals surface area contributed by atoms with Crippen LogP contribution in [0, 0.1) is 5.92 Å². The molecule has 0 spiro atoms. The molecular formula is C6H14O5. The van der Waals surface area contributed by atoms with Crippen molar-refractivity contribution in [2.75, 3.05) is 6.61 Å². The maximum Gasteiger partial charge on any atom is 0.0880 e. The van der Waals surface area contributed by atoms with E-state index in [2.05, 4.69) is 26.9 Å². The van der Waals surface area contributed by atoms with Gasteiger partial charge in [-0.3, -0.25) is 0 Å². The Bertz CT molecular complexity index is 77.4. The third-order valence-corrected chi connectivity index (χ3v) is 1.24. The molecule has 0 saturated heterocycles. The Kier molecular flexibility index (Phi) is 7.76. The highest BCUT2D eigenvalue weighted by atomic mass is 17.8. The second kappa shape index (κ2) is 7.90. The van der Waals surface area contributed by atoms with Crippen molar-refractivity contribution in [2.45, 2.75) is 26.7 Å². The number of hydrogen-bond acceptors (Lipinski definition) is 5. The van der Waals surface area contributed by atoms with Crippen LogP contribution < -0.4 is 0 Å². The van der Waals surface area contributed by atoms with Crippen molar-refractivity contribution in [3.05, 3.63) is 0 Å². The van der Waals surface area contributed by atoms with Crippen molar-refractivity contribution >= 4 is 0 Å². The molecule has 0 radical (unpaired) electrons. The van der Waals surface area contributed by atoms with Gasteiger partial charge in [0.25, 0.3) is 0 Å². The van der Waals surface area contributed by atoms with Crippen LogP contribution in [0.3, 0.4) is 0 Å². The zero-order valence-corrected chi connectivity index (χ0v) is 6.78. The molecule has 1 N–H and O–H groups in total. The maximum absolute atomic E-state index is 7.61. The van der Waals surface area contributed by atoms with E-state index in [4.69, 9.17) is 5.26 Å². The molecule has 0 rings (SSSR count). The summed E-state index contributed by atoms with van der Waals surface area (Å²) in [5, 5.41) is 18.3. The van der Waals surface area contributed by atoms with Crippen molar-refractivity contribution < 1.29 is 25.3 Å². The van der Waals surface area contributed by atoms with Gasteiger partial charge in [0.05, 0.1) is 6.61 Å². The topological polar surface area (TPSA) is 57.2 Å². The predicted molar refractivity (Wildman–Crippen MR) is 35.9 cm³/mol. The summed E-state index contributed by atoms with van der Waals surface area (Å²) >= 11 is 0.